The minimum Gasteiger partial charge on any atom is -0.365 e. The van der Waals surface area contributed by atoms with Gasteiger partial charge < -0.3 is 22.1 Å². The summed E-state index contributed by atoms with van der Waals surface area (Å²) in [5.41, 5.74) is 10.7. The molecule has 174 valence electrons. The molecule has 0 spiro atoms. The van der Waals surface area contributed by atoms with Gasteiger partial charge in [-0.2, -0.15) is 18.3 Å². The fraction of sp³-hybridized carbons (Fsp3) is 0.524. The van der Waals surface area contributed by atoms with E-state index in [9.17, 15) is 18.0 Å². The van der Waals surface area contributed by atoms with Crippen LogP contribution in [0.3, 0.4) is 0 Å². The van der Waals surface area contributed by atoms with Crippen LogP contribution in [0.5, 0.6) is 0 Å². The molecule has 1 heterocycles. The highest BCUT2D eigenvalue weighted by molar-refractivity contribution is 6.30. The van der Waals surface area contributed by atoms with Crippen LogP contribution in [0.1, 0.15) is 48.5 Å². The average Bonchev–Trinajstić information content (AvgIpc) is 3.41. The third-order valence-corrected chi connectivity index (χ3v) is 6.71. The molecule has 11 heteroatoms. The molecule has 2 fully saturated rings. The van der Waals surface area contributed by atoms with Gasteiger partial charge >= 0.3 is 6.18 Å². The summed E-state index contributed by atoms with van der Waals surface area (Å²) in [4.78, 5) is 12.0. The number of primary amides is 1. The third-order valence-electron chi connectivity index (χ3n) is 6.46. The molecule has 1 aromatic carbocycles. The minimum absolute atomic E-state index is 0.0886. The first-order chi connectivity index (χ1) is 15.1. The first-order valence-corrected chi connectivity index (χ1v) is 11.0. The Morgan fingerprint density at radius 1 is 1.25 bits per heavy atom. The fourth-order valence-corrected chi connectivity index (χ4v) is 4.64. The molecule has 4 rings (SSSR count). The van der Waals surface area contributed by atoms with Gasteiger partial charge in [-0.3, -0.25) is 9.48 Å². The number of alkyl halides is 3. The molecule has 32 heavy (non-hydrogen) atoms. The molecule has 2 aliphatic rings. The zero-order valence-electron chi connectivity index (χ0n) is 17.3. The predicted octanol–water partition coefficient (Wildman–Crippen LogP) is 3.73. The number of carbonyl (C=O) groups is 1. The molecule has 0 aliphatic heterocycles. The first kappa shape index (κ1) is 22.9. The second-order valence-corrected chi connectivity index (χ2v) is 9.10. The van der Waals surface area contributed by atoms with Gasteiger partial charge in [0.05, 0.1) is 6.04 Å². The Balaban J connectivity index is 1.50. The van der Waals surface area contributed by atoms with Crippen molar-refractivity contribution in [2.45, 2.75) is 55.9 Å². The van der Waals surface area contributed by atoms with Crippen molar-refractivity contribution < 1.29 is 18.0 Å². The predicted molar refractivity (Wildman–Crippen MR) is 116 cm³/mol. The SMILES string of the molecule is NC[C@H]1C[C@@H](NC2(C(F)(F)F)CC2)CC[C@@H]1n1cc(C(N)=O)c(Nc2ccc(Cl)cc2)n1. The van der Waals surface area contributed by atoms with E-state index >= 15 is 0 Å². The zero-order valence-corrected chi connectivity index (χ0v) is 18.1. The molecule has 2 saturated carbocycles. The summed E-state index contributed by atoms with van der Waals surface area (Å²) in [6, 6.07) is 6.51. The molecule has 2 aromatic rings. The minimum atomic E-state index is -4.25. The molecular weight excluding hydrogens is 445 g/mol. The number of nitrogens with two attached hydrogens (primary N) is 2. The average molecular weight is 471 g/mol. The van der Waals surface area contributed by atoms with E-state index in [2.05, 4.69) is 15.7 Å². The molecule has 6 N–H and O–H groups in total. The van der Waals surface area contributed by atoms with Crippen LogP contribution in [-0.2, 0) is 0 Å². The van der Waals surface area contributed by atoms with Gasteiger partial charge in [-0.25, -0.2) is 0 Å². The maximum absolute atomic E-state index is 13.3. The Morgan fingerprint density at radius 3 is 2.50 bits per heavy atom. The number of nitrogens with zero attached hydrogens (tertiary/aromatic N) is 2. The zero-order chi connectivity index (χ0) is 23.1. The Bertz CT molecular complexity index is 973. The second-order valence-electron chi connectivity index (χ2n) is 8.66. The summed E-state index contributed by atoms with van der Waals surface area (Å²) in [6.07, 6.45) is -0.777. The lowest BCUT2D eigenvalue weighted by atomic mass is 9.81. The quantitative estimate of drug-likeness (QED) is 0.492. The van der Waals surface area contributed by atoms with Crippen molar-refractivity contribution in [1.29, 1.82) is 0 Å². The van der Waals surface area contributed by atoms with Crippen LogP contribution in [0.2, 0.25) is 5.02 Å². The van der Waals surface area contributed by atoms with E-state index in [1.165, 1.54) is 0 Å². The van der Waals surface area contributed by atoms with Crippen LogP contribution in [-0.4, -0.2) is 40.0 Å². The molecule has 1 aromatic heterocycles. The smallest absolute Gasteiger partial charge is 0.365 e. The number of nitrogens with one attached hydrogen (secondary N) is 2. The van der Waals surface area contributed by atoms with Crippen molar-refractivity contribution in [2.75, 3.05) is 11.9 Å². The number of benzene rings is 1. The summed E-state index contributed by atoms with van der Waals surface area (Å²) in [7, 11) is 0. The van der Waals surface area contributed by atoms with Gasteiger partial charge in [0.2, 0.25) is 0 Å². The standard InChI is InChI=1S/C21H26ClF3N6O/c22-13-1-3-14(4-2-13)28-19-16(18(27)32)11-31(30-19)17-6-5-15(9-12(17)10-26)29-20(7-8-20)21(23,24)25/h1-4,11-12,15,17,29H,5-10,26H2,(H2,27,32)(H,28,30)/t12-,15+,17+/m1/s1. The summed E-state index contributed by atoms with van der Waals surface area (Å²) >= 11 is 5.91. The topological polar surface area (TPSA) is 111 Å². The highest BCUT2D eigenvalue weighted by atomic mass is 35.5. The van der Waals surface area contributed by atoms with Gasteiger partial charge in [-0.15, -0.1) is 0 Å². The molecule has 2 aliphatic carbocycles. The van der Waals surface area contributed by atoms with Crippen LogP contribution in [0.15, 0.2) is 30.5 Å². The molecule has 1 amide bonds. The number of hydrogen-bond acceptors (Lipinski definition) is 5. The third kappa shape index (κ3) is 4.57. The van der Waals surface area contributed by atoms with E-state index in [0.717, 1.165) is 0 Å². The van der Waals surface area contributed by atoms with Gasteiger partial charge in [0, 0.05) is 22.9 Å². The van der Waals surface area contributed by atoms with E-state index in [1.807, 2.05) is 0 Å². The number of carbonyl (C=O) groups excluding carboxylic acids is 1. The summed E-state index contributed by atoms with van der Waals surface area (Å²) < 4.78 is 41.7. The van der Waals surface area contributed by atoms with Crippen LogP contribution < -0.4 is 22.1 Å². The van der Waals surface area contributed by atoms with Crippen LogP contribution in [0, 0.1) is 5.92 Å². The second kappa shape index (κ2) is 8.57. The van der Waals surface area contributed by atoms with E-state index in [1.54, 1.807) is 35.1 Å². The molecule has 0 radical (unpaired) electrons. The van der Waals surface area contributed by atoms with E-state index in [4.69, 9.17) is 23.1 Å². The van der Waals surface area contributed by atoms with Gasteiger partial charge in [0.1, 0.15) is 11.1 Å². The number of amides is 1. The molecule has 0 unspecified atom stereocenters. The van der Waals surface area contributed by atoms with Crippen LogP contribution in [0.25, 0.3) is 0 Å². The Kier molecular flexibility index (Phi) is 6.12. The molecular formula is C21H26ClF3N6O. The Hall–Kier alpha value is -2.30. The maximum atomic E-state index is 13.3. The lowest BCUT2D eigenvalue weighted by Crippen LogP contribution is -2.52. The number of halogens is 4. The lowest BCUT2D eigenvalue weighted by Gasteiger charge is -2.38. The molecule has 0 bridgehead atoms. The lowest BCUT2D eigenvalue weighted by molar-refractivity contribution is -0.168. The van der Waals surface area contributed by atoms with E-state index in [0.29, 0.717) is 42.3 Å². The van der Waals surface area contributed by atoms with Crippen LogP contribution >= 0.6 is 11.6 Å². The van der Waals surface area contributed by atoms with Crippen molar-refractivity contribution in [2.24, 2.45) is 17.4 Å². The number of aromatic nitrogens is 2. The molecule has 0 saturated heterocycles. The Morgan fingerprint density at radius 2 is 1.94 bits per heavy atom. The summed E-state index contributed by atoms with van der Waals surface area (Å²) in [5, 5.41) is 11.0. The fourth-order valence-electron chi connectivity index (χ4n) is 4.51. The van der Waals surface area contributed by atoms with Gasteiger partial charge in [0.25, 0.3) is 5.91 Å². The van der Waals surface area contributed by atoms with Gasteiger partial charge in [-0.05, 0) is 68.8 Å². The van der Waals surface area contributed by atoms with Gasteiger partial charge in [0.15, 0.2) is 5.82 Å². The van der Waals surface area contributed by atoms with Crippen molar-refractivity contribution in [3.63, 3.8) is 0 Å². The van der Waals surface area contributed by atoms with Crippen molar-refractivity contribution >= 4 is 29.0 Å². The van der Waals surface area contributed by atoms with E-state index in [-0.39, 0.29) is 36.4 Å². The largest absolute Gasteiger partial charge is 0.406 e. The number of anilines is 2. The molecule has 7 nitrogen and oxygen atoms in total. The normalized spacial score (nSPS) is 24.8. The number of hydrogen-bond donors (Lipinski definition) is 4. The summed E-state index contributed by atoms with van der Waals surface area (Å²) in [5.74, 6) is -0.410. The van der Waals surface area contributed by atoms with Crippen molar-refractivity contribution in [1.82, 2.24) is 15.1 Å². The number of rotatable bonds is 7. The van der Waals surface area contributed by atoms with Crippen molar-refractivity contribution in [3.05, 3.63) is 41.0 Å². The highest BCUT2D eigenvalue weighted by Gasteiger charge is 2.63. The van der Waals surface area contributed by atoms with Gasteiger partial charge in [-0.1, -0.05) is 11.6 Å². The Labute approximate surface area is 188 Å². The van der Waals surface area contributed by atoms with Crippen LogP contribution in [0.4, 0.5) is 24.7 Å². The van der Waals surface area contributed by atoms with E-state index < -0.39 is 17.6 Å². The van der Waals surface area contributed by atoms with Crippen molar-refractivity contribution in [3.8, 4) is 0 Å². The monoisotopic (exact) mass is 470 g/mol. The highest BCUT2D eigenvalue weighted by Crippen LogP contribution is 2.50. The maximum Gasteiger partial charge on any atom is 0.406 e. The first-order valence-electron chi connectivity index (χ1n) is 10.6. The summed E-state index contributed by atoms with van der Waals surface area (Å²) in [6.45, 7) is 0.299. The molecule has 3 atom stereocenters.